The van der Waals surface area contributed by atoms with Gasteiger partial charge in [0.25, 0.3) is 0 Å². The van der Waals surface area contributed by atoms with Crippen LogP contribution in [0.1, 0.15) is 23.9 Å². The van der Waals surface area contributed by atoms with Crippen LogP contribution < -0.4 is 5.73 Å². The minimum absolute atomic E-state index is 0.390. The summed E-state index contributed by atoms with van der Waals surface area (Å²) in [7, 11) is 1.85. The van der Waals surface area contributed by atoms with Gasteiger partial charge in [-0.2, -0.15) is 5.10 Å². The van der Waals surface area contributed by atoms with E-state index in [2.05, 4.69) is 5.10 Å². The molecular weight excluding hydrogens is 166 g/mol. The second kappa shape index (κ2) is 3.20. The fourth-order valence-corrected chi connectivity index (χ4v) is 1.44. The van der Waals surface area contributed by atoms with E-state index in [4.69, 9.17) is 5.73 Å². The quantitative estimate of drug-likeness (QED) is 0.719. The van der Waals surface area contributed by atoms with Gasteiger partial charge in [-0.1, -0.05) is 0 Å². The Hall–Kier alpha value is -1.32. The number of aromatic nitrogens is 2. The average Bonchev–Trinajstić information content (AvgIpc) is 2.26. The van der Waals surface area contributed by atoms with Crippen molar-refractivity contribution in [1.82, 2.24) is 9.78 Å². The molecule has 0 atom stereocenters. The molecule has 2 N–H and O–H groups in total. The first-order valence-corrected chi connectivity index (χ1v) is 4.09. The number of hydrogen-bond acceptors (Lipinski definition) is 2. The molecule has 1 aromatic rings. The minimum Gasteiger partial charge on any atom is -0.369 e. The maximum atomic E-state index is 11.0. The summed E-state index contributed by atoms with van der Waals surface area (Å²) in [6.07, 6.45) is 0. The monoisotopic (exact) mass is 180 g/mol. The molecule has 0 aliphatic heterocycles. The van der Waals surface area contributed by atoms with Crippen LogP contribution in [0.2, 0.25) is 0 Å². The molecule has 13 heavy (non-hydrogen) atoms. The lowest BCUT2D eigenvalue weighted by atomic mass is 9.99. The standard InChI is InChI=1S/C9H14N3O/c1-5(9(10)13)8-6(2)11-12(4)7(8)3/h1-4H3,(H2,10,13). The van der Waals surface area contributed by atoms with E-state index in [0.717, 1.165) is 17.0 Å². The first-order valence-electron chi connectivity index (χ1n) is 4.09. The maximum absolute atomic E-state index is 11.0. The van der Waals surface area contributed by atoms with E-state index in [9.17, 15) is 4.79 Å². The largest absolute Gasteiger partial charge is 0.369 e. The molecule has 0 saturated heterocycles. The Kier molecular flexibility index (Phi) is 2.40. The SMILES string of the molecule is C[C](C(N)=O)c1c(C)nn(C)c1C. The summed E-state index contributed by atoms with van der Waals surface area (Å²) in [5, 5.41) is 4.20. The minimum atomic E-state index is -0.390. The van der Waals surface area contributed by atoms with Crippen LogP contribution in [0, 0.1) is 19.8 Å². The molecule has 1 rings (SSSR count). The predicted molar refractivity (Wildman–Crippen MR) is 49.9 cm³/mol. The van der Waals surface area contributed by atoms with Gasteiger partial charge in [-0.3, -0.25) is 9.48 Å². The molecule has 4 heteroatoms. The zero-order valence-corrected chi connectivity index (χ0v) is 8.38. The van der Waals surface area contributed by atoms with Gasteiger partial charge in [0.15, 0.2) is 0 Å². The normalized spacial score (nSPS) is 10.8. The molecule has 0 unspecified atom stereocenters. The lowest BCUT2D eigenvalue weighted by Gasteiger charge is -2.06. The van der Waals surface area contributed by atoms with Gasteiger partial charge < -0.3 is 5.73 Å². The van der Waals surface area contributed by atoms with Crippen molar-refractivity contribution in [2.75, 3.05) is 0 Å². The van der Waals surface area contributed by atoms with Gasteiger partial charge in [0.05, 0.1) is 11.6 Å². The smallest absolute Gasteiger partial charge is 0.229 e. The molecular formula is C9H14N3O. The van der Waals surface area contributed by atoms with Crippen molar-refractivity contribution < 1.29 is 4.79 Å². The molecule has 0 spiro atoms. The molecule has 1 amide bonds. The predicted octanol–water partition coefficient (Wildman–Crippen LogP) is 0.465. The molecule has 0 aliphatic carbocycles. The molecule has 71 valence electrons. The summed E-state index contributed by atoms with van der Waals surface area (Å²) in [5.41, 5.74) is 7.88. The summed E-state index contributed by atoms with van der Waals surface area (Å²) < 4.78 is 1.75. The molecule has 0 fully saturated rings. The zero-order valence-electron chi connectivity index (χ0n) is 8.38. The van der Waals surface area contributed by atoms with E-state index < -0.39 is 0 Å². The molecule has 0 aliphatic rings. The van der Waals surface area contributed by atoms with Gasteiger partial charge in [0.2, 0.25) is 5.91 Å². The van der Waals surface area contributed by atoms with E-state index in [1.165, 1.54) is 0 Å². The van der Waals surface area contributed by atoms with E-state index in [-0.39, 0.29) is 5.91 Å². The van der Waals surface area contributed by atoms with Crippen LogP contribution in [0.25, 0.3) is 0 Å². The molecule has 1 heterocycles. The highest BCUT2D eigenvalue weighted by Gasteiger charge is 2.20. The number of primary amides is 1. The highest BCUT2D eigenvalue weighted by Crippen LogP contribution is 2.21. The third-order valence-corrected chi connectivity index (χ3v) is 2.25. The highest BCUT2D eigenvalue weighted by molar-refractivity contribution is 5.92. The van der Waals surface area contributed by atoms with Crippen molar-refractivity contribution in [3.63, 3.8) is 0 Å². The van der Waals surface area contributed by atoms with Gasteiger partial charge in [-0.05, 0) is 20.8 Å². The van der Waals surface area contributed by atoms with Crippen molar-refractivity contribution in [3.05, 3.63) is 22.9 Å². The number of carbonyl (C=O) groups excluding carboxylic acids is 1. The molecule has 4 nitrogen and oxygen atoms in total. The van der Waals surface area contributed by atoms with E-state index in [1.54, 1.807) is 11.6 Å². The van der Waals surface area contributed by atoms with Crippen molar-refractivity contribution in [1.29, 1.82) is 0 Å². The maximum Gasteiger partial charge on any atom is 0.229 e. The third-order valence-electron chi connectivity index (χ3n) is 2.25. The number of rotatable bonds is 2. The number of nitrogens with zero attached hydrogens (tertiary/aromatic N) is 2. The second-order valence-corrected chi connectivity index (χ2v) is 3.16. The molecule has 1 radical (unpaired) electrons. The number of aryl methyl sites for hydroxylation is 2. The first kappa shape index (κ1) is 9.77. The zero-order chi connectivity index (χ0) is 10.2. The lowest BCUT2D eigenvalue weighted by Crippen LogP contribution is -2.20. The van der Waals surface area contributed by atoms with E-state index >= 15 is 0 Å². The highest BCUT2D eigenvalue weighted by atomic mass is 16.1. The topological polar surface area (TPSA) is 60.9 Å². The number of carbonyl (C=O) groups is 1. The van der Waals surface area contributed by atoms with E-state index in [1.807, 2.05) is 20.9 Å². The third kappa shape index (κ3) is 1.56. The molecule has 1 aromatic heterocycles. The van der Waals surface area contributed by atoms with Gasteiger partial charge in [0.1, 0.15) is 0 Å². The van der Waals surface area contributed by atoms with Crippen LogP contribution in [-0.2, 0) is 11.8 Å². The van der Waals surface area contributed by atoms with Crippen LogP contribution in [0.4, 0.5) is 0 Å². The fourth-order valence-electron chi connectivity index (χ4n) is 1.44. The second-order valence-electron chi connectivity index (χ2n) is 3.16. The molecule has 0 saturated carbocycles. The Labute approximate surface area is 77.7 Å². The Bertz CT molecular complexity index is 341. The molecule has 0 aromatic carbocycles. The Balaban J connectivity index is 3.20. The summed E-state index contributed by atoms with van der Waals surface area (Å²) in [6.45, 7) is 5.51. The average molecular weight is 180 g/mol. The number of amides is 1. The molecule has 0 bridgehead atoms. The first-order chi connectivity index (χ1) is 5.95. The Morgan fingerprint density at radius 3 is 2.31 bits per heavy atom. The number of nitrogens with two attached hydrogens (primary N) is 1. The summed E-state index contributed by atoms with van der Waals surface area (Å²) in [6, 6.07) is 0. The van der Waals surface area contributed by atoms with Crippen LogP contribution in [0.3, 0.4) is 0 Å². The van der Waals surface area contributed by atoms with Crippen LogP contribution in [0.5, 0.6) is 0 Å². The van der Waals surface area contributed by atoms with Crippen molar-refractivity contribution >= 4 is 5.91 Å². The Morgan fingerprint density at radius 1 is 1.46 bits per heavy atom. The van der Waals surface area contributed by atoms with Gasteiger partial charge in [0, 0.05) is 18.3 Å². The fraction of sp³-hybridized carbons (Fsp3) is 0.444. The van der Waals surface area contributed by atoms with E-state index in [0.29, 0.717) is 5.92 Å². The van der Waals surface area contributed by atoms with Crippen molar-refractivity contribution in [2.45, 2.75) is 20.8 Å². The van der Waals surface area contributed by atoms with Gasteiger partial charge >= 0.3 is 0 Å². The van der Waals surface area contributed by atoms with Crippen LogP contribution in [0.15, 0.2) is 0 Å². The lowest BCUT2D eigenvalue weighted by molar-refractivity contribution is -0.115. The van der Waals surface area contributed by atoms with Crippen molar-refractivity contribution in [3.8, 4) is 0 Å². The number of hydrogen-bond donors (Lipinski definition) is 1. The van der Waals surface area contributed by atoms with Gasteiger partial charge in [-0.15, -0.1) is 0 Å². The summed E-state index contributed by atoms with van der Waals surface area (Å²) in [4.78, 5) is 11.0. The van der Waals surface area contributed by atoms with Gasteiger partial charge in [-0.25, -0.2) is 0 Å². The van der Waals surface area contributed by atoms with Crippen LogP contribution in [-0.4, -0.2) is 15.7 Å². The van der Waals surface area contributed by atoms with Crippen molar-refractivity contribution in [2.24, 2.45) is 12.8 Å². The summed E-state index contributed by atoms with van der Waals surface area (Å²) in [5.74, 6) is 0.183. The Morgan fingerprint density at radius 2 is 2.00 bits per heavy atom. The van der Waals surface area contributed by atoms with Crippen LogP contribution >= 0.6 is 0 Å². The summed E-state index contributed by atoms with van der Waals surface area (Å²) >= 11 is 0.